The zero-order chi connectivity index (χ0) is 14.5. The molecule has 0 spiro atoms. The van der Waals surface area contributed by atoms with Crippen molar-refractivity contribution in [3.05, 3.63) is 58.0 Å². The molecule has 2 rings (SSSR count). The Hall–Kier alpha value is -2.30. The molecule has 1 aromatic heterocycles. The van der Waals surface area contributed by atoms with Gasteiger partial charge >= 0.3 is 0 Å². The zero-order valence-corrected chi connectivity index (χ0v) is 11.6. The molecule has 0 saturated heterocycles. The monoisotopic (exact) mass is 274 g/mol. The molecule has 20 heavy (non-hydrogen) atoms. The smallest absolute Gasteiger partial charge is 0.269 e. The highest BCUT2D eigenvalue weighted by molar-refractivity contribution is 5.55. The van der Waals surface area contributed by atoms with E-state index in [1.165, 1.54) is 6.07 Å². The van der Waals surface area contributed by atoms with Crippen LogP contribution in [0.3, 0.4) is 0 Å². The highest BCUT2D eigenvalue weighted by atomic mass is 16.6. The molecule has 0 saturated carbocycles. The van der Waals surface area contributed by atoms with Crippen molar-refractivity contribution in [3.63, 3.8) is 0 Å². The van der Waals surface area contributed by atoms with Gasteiger partial charge in [-0.1, -0.05) is 0 Å². The fourth-order valence-electron chi connectivity index (χ4n) is 2.07. The number of furan rings is 1. The Morgan fingerprint density at radius 3 is 2.80 bits per heavy atom. The van der Waals surface area contributed by atoms with Crippen LogP contribution in [-0.4, -0.2) is 11.0 Å². The molecule has 5 heteroatoms. The third-order valence-corrected chi connectivity index (χ3v) is 3.23. The molecule has 0 aliphatic rings. The molecule has 0 amide bonds. The van der Waals surface area contributed by atoms with E-state index in [1.807, 2.05) is 19.1 Å². The lowest BCUT2D eigenvalue weighted by atomic mass is 10.1. The predicted octanol–water partition coefficient (Wildman–Crippen LogP) is 3.93. The molecular weight excluding hydrogens is 256 g/mol. The minimum atomic E-state index is -0.378. The first kappa shape index (κ1) is 14.1. The van der Waals surface area contributed by atoms with Gasteiger partial charge in [0.05, 0.1) is 11.2 Å². The highest BCUT2D eigenvalue weighted by Gasteiger charge is 2.10. The lowest BCUT2D eigenvalue weighted by molar-refractivity contribution is -0.384. The Bertz CT molecular complexity index is 579. The van der Waals surface area contributed by atoms with E-state index >= 15 is 0 Å². The first-order valence-corrected chi connectivity index (χ1v) is 6.60. The van der Waals surface area contributed by atoms with Crippen LogP contribution < -0.4 is 5.32 Å². The number of nitro benzene ring substituents is 1. The Labute approximate surface area is 117 Å². The number of anilines is 1. The van der Waals surface area contributed by atoms with Gasteiger partial charge in [0.25, 0.3) is 5.69 Å². The molecule has 1 N–H and O–H groups in total. The maximum absolute atomic E-state index is 10.7. The Morgan fingerprint density at radius 1 is 1.40 bits per heavy atom. The van der Waals surface area contributed by atoms with Gasteiger partial charge in [0.1, 0.15) is 5.76 Å². The summed E-state index contributed by atoms with van der Waals surface area (Å²) in [6.07, 6.45) is 3.48. The number of nitrogens with one attached hydrogen (secondary N) is 1. The summed E-state index contributed by atoms with van der Waals surface area (Å²) in [6, 6.07) is 8.98. The Morgan fingerprint density at radius 2 is 2.20 bits per heavy atom. The van der Waals surface area contributed by atoms with Gasteiger partial charge in [-0.05, 0) is 44.0 Å². The normalized spacial score (nSPS) is 12.1. The van der Waals surface area contributed by atoms with Crippen molar-refractivity contribution < 1.29 is 9.34 Å². The minimum absolute atomic E-state index is 0.122. The van der Waals surface area contributed by atoms with Gasteiger partial charge in [0.2, 0.25) is 0 Å². The number of non-ortho nitro benzene ring substituents is 1. The average molecular weight is 274 g/mol. The first-order valence-electron chi connectivity index (χ1n) is 6.60. The van der Waals surface area contributed by atoms with Crippen molar-refractivity contribution >= 4 is 11.4 Å². The Balaban J connectivity index is 1.93. The molecule has 106 valence electrons. The summed E-state index contributed by atoms with van der Waals surface area (Å²) < 4.78 is 5.30. The second-order valence-corrected chi connectivity index (χ2v) is 4.92. The molecule has 1 aromatic carbocycles. The second-order valence-electron chi connectivity index (χ2n) is 4.92. The molecule has 2 aromatic rings. The third kappa shape index (κ3) is 3.60. The molecule has 0 radical (unpaired) electrons. The number of hydrogen-bond donors (Lipinski definition) is 1. The summed E-state index contributed by atoms with van der Waals surface area (Å²) in [5.41, 5.74) is 1.93. The van der Waals surface area contributed by atoms with Crippen molar-refractivity contribution in [2.24, 2.45) is 0 Å². The third-order valence-electron chi connectivity index (χ3n) is 3.23. The van der Waals surface area contributed by atoms with E-state index in [9.17, 15) is 10.1 Å². The quantitative estimate of drug-likeness (QED) is 0.640. The summed E-state index contributed by atoms with van der Waals surface area (Å²) >= 11 is 0. The van der Waals surface area contributed by atoms with Crippen LogP contribution in [0.1, 0.15) is 24.7 Å². The van der Waals surface area contributed by atoms with E-state index in [0.717, 1.165) is 29.9 Å². The highest BCUT2D eigenvalue weighted by Crippen LogP contribution is 2.22. The van der Waals surface area contributed by atoms with Gasteiger partial charge in [0, 0.05) is 30.3 Å². The average Bonchev–Trinajstić information content (AvgIpc) is 2.91. The number of hydrogen-bond acceptors (Lipinski definition) is 4. The fraction of sp³-hybridized carbons (Fsp3) is 0.333. The molecular formula is C15H18N2O3. The van der Waals surface area contributed by atoms with Crippen LogP contribution in [0.2, 0.25) is 0 Å². The molecule has 0 aliphatic heterocycles. The van der Waals surface area contributed by atoms with Gasteiger partial charge in [-0.25, -0.2) is 0 Å². The van der Waals surface area contributed by atoms with E-state index in [4.69, 9.17) is 4.42 Å². The predicted molar refractivity (Wildman–Crippen MR) is 77.9 cm³/mol. The van der Waals surface area contributed by atoms with Gasteiger partial charge in [-0.3, -0.25) is 10.1 Å². The van der Waals surface area contributed by atoms with Crippen molar-refractivity contribution in [1.29, 1.82) is 0 Å². The van der Waals surface area contributed by atoms with E-state index in [2.05, 4.69) is 12.2 Å². The van der Waals surface area contributed by atoms with E-state index in [1.54, 1.807) is 18.4 Å². The summed E-state index contributed by atoms with van der Waals surface area (Å²) in [6.45, 7) is 3.96. The molecule has 5 nitrogen and oxygen atoms in total. The van der Waals surface area contributed by atoms with Gasteiger partial charge in [-0.2, -0.15) is 0 Å². The number of aryl methyl sites for hydroxylation is 2. The van der Waals surface area contributed by atoms with Crippen LogP contribution in [0.25, 0.3) is 0 Å². The van der Waals surface area contributed by atoms with Crippen LogP contribution in [0.5, 0.6) is 0 Å². The summed E-state index contributed by atoms with van der Waals surface area (Å²) in [4.78, 5) is 10.3. The number of nitrogens with zero attached hydrogens (tertiary/aromatic N) is 1. The first-order chi connectivity index (χ1) is 9.56. The van der Waals surface area contributed by atoms with Crippen LogP contribution in [0.15, 0.2) is 41.0 Å². The molecule has 1 atom stereocenters. The maximum Gasteiger partial charge on any atom is 0.269 e. The SMILES string of the molecule is Cc1cc([N+](=O)[O-])ccc1NC(C)CCc1ccco1. The number of nitro groups is 1. The summed E-state index contributed by atoms with van der Waals surface area (Å²) in [5, 5.41) is 14.1. The van der Waals surface area contributed by atoms with E-state index in [-0.39, 0.29) is 16.7 Å². The van der Waals surface area contributed by atoms with E-state index < -0.39 is 0 Å². The van der Waals surface area contributed by atoms with Crippen molar-refractivity contribution in [3.8, 4) is 0 Å². The second kappa shape index (κ2) is 6.23. The standard InChI is InChI=1S/C15H18N2O3/c1-11-10-13(17(18)19)6-8-15(11)16-12(2)5-7-14-4-3-9-20-14/h3-4,6,8-10,12,16H,5,7H2,1-2H3. The topological polar surface area (TPSA) is 68.3 Å². The van der Waals surface area contributed by atoms with E-state index in [0.29, 0.717) is 0 Å². The Kier molecular flexibility index (Phi) is 4.40. The minimum Gasteiger partial charge on any atom is -0.469 e. The molecule has 0 bridgehead atoms. The lowest BCUT2D eigenvalue weighted by Crippen LogP contribution is -2.16. The van der Waals surface area contributed by atoms with Gasteiger partial charge in [0.15, 0.2) is 0 Å². The molecule has 0 fully saturated rings. The van der Waals surface area contributed by atoms with Crippen LogP contribution in [0, 0.1) is 17.0 Å². The number of rotatable bonds is 6. The van der Waals surface area contributed by atoms with Gasteiger partial charge in [-0.15, -0.1) is 0 Å². The molecule has 1 heterocycles. The van der Waals surface area contributed by atoms with Crippen molar-refractivity contribution in [1.82, 2.24) is 0 Å². The fourth-order valence-corrected chi connectivity index (χ4v) is 2.07. The number of benzene rings is 1. The van der Waals surface area contributed by atoms with Crippen molar-refractivity contribution in [2.45, 2.75) is 32.7 Å². The van der Waals surface area contributed by atoms with Crippen LogP contribution in [-0.2, 0) is 6.42 Å². The van der Waals surface area contributed by atoms with Crippen LogP contribution in [0.4, 0.5) is 11.4 Å². The van der Waals surface area contributed by atoms with Gasteiger partial charge < -0.3 is 9.73 Å². The maximum atomic E-state index is 10.7. The van der Waals surface area contributed by atoms with Crippen LogP contribution >= 0.6 is 0 Å². The summed E-state index contributed by atoms with van der Waals surface area (Å²) in [5.74, 6) is 0.971. The molecule has 0 aliphatic carbocycles. The van der Waals surface area contributed by atoms with Crippen molar-refractivity contribution in [2.75, 3.05) is 5.32 Å². The lowest BCUT2D eigenvalue weighted by Gasteiger charge is -2.16. The largest absolute Gasteiger partial charge is 0.469 e. The molecule has 1 unspecified atom stereocenters. The summed E-state index contributed by atoms with van der Waals surface area (Å²) in [7, 11) is 0. The zero-order valence-electron chi connectivity index (χ0n) is 11.6.